The first kappa shape index (κ1) is 25.5. The van der Waals surface area contributed by atoms with Crippen LogP contribution >= 0.6 is 11.3 Å². The van der Waals surface area contributed by atoms with Crippen LogP contribution in [0, 0.1) is 11.3 Å². The van der Waals surface area contributed by atoms with Gasteiger partial charge in [0.05, 0.1) is 0 Å². The van der Waals surface area contributed by atoms with Gasteiger partial charge in [-0.15, -0.1) is 11.3 Å². The Morgan fingerprint density at radius 2 is 1.91 bits per heavy atom. The number of amides is 1. The van der Waals surface area contributed by atoms with Gasteiger partial charge in [-0.1, -0.05) is 12.1 Å². The quantitative estimate of drug-likeness (QED) is 0.585. The van der Waals surface area contributed by atoms with Crippen molar-refractivity contribution in [2.24, 2.45) is 0 Å². The van der Waals surface area contributed by atoms with Crippen LogP contribution in [-0.4, -0.2) is 47.7 Å². The summed E-state index contributed by atoms with van der Waals surface area (Å²) in [5.74, 6) is -1.17. The fraction of sp³-hybridized carbons (Fsp3) is 0.435. The number of rotatable bonds is 8. The van der Waals surface area contributed by atoms with Crippen LogP contribution in [-0.2, 0) is 17.8 Å². The van der Waals surface area contributed by atoms with Crippen LogP contribution < -0.4 is 25.4 Å². The third kappa shape index (κ3) is 6.71. The SMILES string of the molecule is CCn1c(=C(C#N)C(=O)NCC(F)(F)F)sc(=CNc2ccc(CCN3CCCC3)cc2)c1=O. The second kappa shape index (κ2) is 11.4. The van der Waals surface area contributed by atoms with E-state index in [1.165, 1.54) is 29.2 Å². The van der Waals surface area contributed by atoms with Crippen molar-refractivity contribution in [3.8, 4) is 6.07 Å². The number of thiazole rings is 1. The van der Waals surface area contributed by atoms with Gasteiger partial charge < -0.3 is 15.5 Å². The minimum absolute atomic E-state index is 0.0139. The molecule has 2 heterocycles. The van der Waals surface area contributed by atoms with E-state index in [1.54, 1.807) is 18.3 Å². The molecule has 0 bridgehead atoms. The molecule has 0 unspecified atom stereocenters. The first-order chi connectivity index (χ1) is 16.2. The molecular weight excluding hydrogens is 467 g/mol. The highest BCUT2D eigenvalue weighted by Crippen LogP contribution is 2.13. The summed E-state index contributed by atoms with van der Waals surface area (Å²) >= 11 is 0.875. The normalized spacial score (nSPS) is 15.8. The summed E-state index contributed by atoms with van der Waals surface area (Å²) in [4.78, 5) is 27.3. The molecule has 182 valence electrons. The summed E-state index contributed by atoms with van der Waals surface area (Å²) in [6.07, 6.45) is 0.347. The molecular formula is C23H26F3N5O2S. The Kier molecular flexibility index (Phi) is 8.52. The van der Waals surface area contributed by atoms with Crippen molar-refractivity contribution in [2.75, 3.05) is 31.5 Å². The molecule has 1 aromatic carbocycles. The average Bonchev–Trinajstić information content (AvgIpc) is 3.43. The number of carbonyl (C=O) groups is 1. The molecule has 11 heteroatoms. The minimum Gasteiger partial charge on any atom is -0.360 e. The van der Waals surface area contributed by atoms with Crippen LogP contribution in [0.2, 0.25) is 0 Å². The third-order valence-corrected chi connectivity index (χ3v) is 6.60. The number of nitrogens with one attached hydrogen (secondary N) is 2. The zero-order valence-electron chi connectivity index (χ0n) is 18.7. The Morgan fingerprint density at radius 1 is 1.24 bits per heavy atom. The summed E-state index contributed by atoms with van der Waals surface area (Å²) in [5.41, 5.74) is 1.00. The van der Waals surface area contributed by atoms with Crippen LogP contribution in [0.3, 0.4) is 0 Å². The first-order valence-electron chi connectivity index (χ1n) is 11.0. The van der Waals surface area contributed by atoms with Crippen molar-refractivity contribution in [1.29, 1.82) is 5.26 Å². The van der Waals surface area contributed by atoms with Crippen molar-refractivity contribution in [3.63, 3.8) is 0 Å². The van der Waals surface area contributed by atoms with Gasteiger partial charge in [0, 0.05) is 25.0 Å². The van der Waals surface area contributed by atoms with Gasteiger partial charge >= 0.3 is 6.18 Å². The number of aromatic nitrogens is 1. The number of hydrogen-bond donors (Lipinski definition) is 2. The van der Waals surface area contributed by atoms with Crippen LogP contribution in [0.1, 0.15) is 25.3 Å². The molecule has 0 aliphatic carbocycles. The van der Waals surface area contributed by atoms with E-state index in [0.29, 0.717) is 0 Å². The highest BCUT2D eigenvalue weighted by molar-refractivity contribution is 7.07. The van der Waals surface area contributed by atoms with Crippen molar-refractivity contribution in [2.45, 2.75) is 38.9 Å². The summed E-state index contributed by atoms with van der Waals surface area (Å²) < 4.78 is 38.7. The number of benzene rings is 1. The second-order valence-electron chi connectivity index (χ2n) is 7.89. The van der Waals surface area contributed by atoms with E-state index in [0.717, 1.165) is 43.1 Å². The maximum atomic E-state index is 12.7. The lowest BCUT2D eigenvalue weighted by molar-refractivity contribution is -0.135. The van der Waals surface area contributed by atoms with Gasteiger partial charge in [-0.3, -0.25) is 14.2 Å². The number of likely N-dealkylation sites (tertiary alicyclic amines) is 1. The Balaban J connectivity index is 1.79. The molecule has 7 nitrogen and oxygen atoms in total. The van der Waals surface area contributed by atoms with Crippen LogP contribution in [0.25, 0.3) is 11.8 Å². The zero-order chi connectivity index (χ0) is 24.7. The van der Waals surface area contributed by atoms with Gasteiger partial charge in [-0.25, -0.2) is 0 Å². The maximum absolute atomic E-state index is 12.7. The molecule has 0 saturated carbocycles. The predicted octanol–water partition coefficient (Wildman–Crippen LogP) is 1.77. The third-order valence-electron chi connectivity index (χ3n) is 5.47. The molecule has 2 aromatic rings. The smallest absolute Gasteiger partial charge is 0.360 e. The number of alkyl halides is 3. The largest absolute Gasteiger partial charge is 0.405 e. The van der Waals surface area contributed by atoms with Gasteiger partial charge in [0.1, 0.15) is 21.8 Å². The van der Waals surface area contributed by atoms with E-state index in [1.807, 2.05) is 24.3 Å². The van der Waals surface area contributed by atoms with Crippen molar-refractivity contribution < 1.29 is 18.0 Å². The standard InChI is InChI=1S/C23H26F3N5O2S/c1-2-31-21(33)19(34-22(31)18(13-27)20(32)29-15-23(24,25)26)14-28-17-7-5-16(6-8-17)9-12-30-10-3-4-11-30/h5-8,14,28H,2-4,9-12,15H2,1H3,(H,29,32). The lowest BCUT2D eigenvalue weighted by Gasteiger charge is -2.14. The van der Waals surface area contributed by atoms with Gasteiger partial charge in [0.25, 0.3) is 11.5 Å². The van der Waals surface area contributed by atoms with Crippen molar-refractivity contribution >= 4 is 34.7 Å². The van der Waals surface area contributed by atoms with Gasteiger partial charge in [-0.2, -0.15) is 18.4 Å². The lowest BCUT2D eigenvalue weighted by atomic mass is 10.1. The summed E-state index contributed by atoms with van der Waals surface area (Å²) in [7, 11) is 0. The monoisotopic (exact) mass is 493 g/mol. The number of nitrogens with zero attached hydrogens (tertiary/aromatic N) is 3. The van der Waals surface area contributed by atoms with Crippen LogP contribution in [0.15, 0.2) is 29.1 Å². The summed E-state index contributed by atoms with van der Waals surface area (Å²) in [6, 6.07) is 9.47. The van der Waals surface area contributed by atoms with E-state index in [-0.39, 0.29) is 15.7 Å². The van der Waals surface area contributed by atoms with Gasteiger partial charge in [0.15, 0.2) is 5.57 Å². The number of nitriles is 1. The number of anilines is 1. The Morgan fingerprint density at radius 3 is 2.50 bits per heavy atom. The van der Waals surface area contributed by atoms with Crippen molar-refractivity contribution in [3.05, 3.63) is 49.4 Å². The molecule has 1 amide bonds. The fourth-order valence-corrected chi connectivity index (χ4v) is 4.75. The lowest BCUT2D eigenvalue weighted by Crippen LogP contribution is -2.37. The zero-order valence-corrected chi connectivity index (χ0v) is 19.6. The second-order valence-corrected chi connectivity index (χ2v) is 8.92. The molecule has 34 heavy (non-hydrogen) atoms. The van der Waals surface area contributed by atoms with Crippen LogP contribution in [0.4, 0.5) is 18.9 Å². The van der Waals surface area contributed by atoms with E-state index in [4.69, 9.17) is 0 Å². The molecule has 1 fully saturated rings. The summed E-state index contributed by atoms with van der Waals surface area (Å²) in [5, 5.41) is 14.1. The molecule has 1 aromatic heterocycles. The molecule has 3 rings (SSSR count). The minimum atomic E-state index is -4.61. The predicted molar refractivity (Wildman–Crippen MR) is 125 cm³/mol. The van der Waals surface area contributed by atoms with Crippen LogP contribution in [0.5, 0.6) is 0 Å². The Bertz CT molecular complexity index is 1220. The molecule has 1 saturated heterocycles. The van der Waals surface area contributed by atoms with E-state index >= 15 is 0 Å². The highest BCUT2D eigenvalue weighted by atomic mass is 32.1. The van der Waals surface area contributed by atoms with E-state index in [9.17, 15) is 28.0 Å². The molecule has 0 spiro atoms. The molecule has 0 atom stereocenters. The molecule has 0 radical (unpaired) electrons. The Labute approximate surface area is 198 Å². The van der Waals surface area contributed by atoms with E-state index < -0.39 is 29.8 Å². The van der Waals surface area contributed by atoms with Crippen molar-refractivity contribution in [1.82, 2.24) is 14.8 Å². The fourth-order valence-electron chi connectivity index (χ4n) is 3.67. The average molecular weight is 494 g/mol. The molecule has 2 N–H and O–H groups in total. The molecule has 1 aliphatic heterocycles. The number of halogens is 3. The van der Waals surface area contributed by atoms with E-state index in [2.05, 4.69) is 10.2 Å². The topological polar surface area (TPSA) is 90.2 Å². The maximum Gasteiger partial charge on any atom is 0.405 e. The summed E-state index contributed by atoms with van der Waals surface area (Å²) in [6.45, 7) is 3.58. The van der Waals surface area contributed by atoms with Gasteiger partial charge in [0.2, 0.25) is 0 Å². The van der Waals surface area contributed by atoms with Gasteiger partial charge in [-0.05, 0) is 57.0 Å². The number of carbonyl (C=O) groups excluding carboxylic acids is 1. The Hall–Kier alpha value is -3.10. The highest BCUT2D eigenvalue weighted by Gasteiger charge is 2.28. The molecule has 1 aliphatic rings. The number of hydrogen-bond acceptors (Lipinski definition) is 6. The first-order valence-corrected chi connectivity index (χ1v) is 11.8.